The number of aromatic hydroxyl groups is 1. The number of benzene rings is 2. The van der Waals surface area contributed by atoms with Gasteiger partial charge in [-0.3, -0.25) is 0 Å². The molecule has 10 heteroatoms. The van der Waals surface area contributed by atoms with Crippen LogP contribution in [0.4, 0.5) is 13.2 Å². The second-order valence-corrected chi connectivity index (χ2v) is 5.68. The van der Waals surface area contributed by atoms with Crippen LogP contribution in [0.1, 0.15) is 5.56 Å². The zero-order chi connectivity index (χ0) is 17.8. The van der Waals surface area contributed by atoms with Crippen molar-refractivity contribution < 1.29 is 28.3 Å². The third-order valence-electron chi connectivity index (χ3n) is 3.77. The summed E-state index contributed by atoms with van der Waals surface area (Å²) < 4.78 is 40.6. The fourth-order valence-corrected chi connectivity index (χ4v) is 2.84. The third-order valence-corrected chi connectivity index (χ3v) is 4.03. The van der Waals surface area contributed by atoms with E-state index in [0.717, 1.165) is 16.8 Å². The zero-order valence-corrected chi connectivity index (χ0v) is 13.6. The lowest BCUT2D eigenvalue weighted by molar-refractivity contribution is -0.555. The molecule has 0 radical (unpaired) electrons. The lowest BCUT2D eigenvalue weighted by Gasteiger charge is -2.05. The summed E-state index contributed by atoms with van der Waals surface area (Å²) in [7, 11) is 0. The zero-order valence-electron chi connectivity index (χ0n) is 12.8. The molecular weight excluding hydrogens is 373 g/mol. The van der Waals surface area contributed by atoms with E-state index in [0.29, 0.717) is 11.0 Å². The van der Waals surface area contributed by atoms with Gasteiger partial charge in [0, 0.05) is 0 Å². The minimum Gasteiger partial charge on any atom is -0.870 e. The molecule has 6 nitrogen and oxygen atoms in total. The van der Waals surface area contributed by atoms with Gasteiger partial charge in [0.25, 0.3) is 5.52 Å². The van der Waals surface area contributed by atoms with Crippen LogP contribution in [-0.4, -0.2) is 25.5 Å². The summed E-state index contributed by atoms with van der Waals surface area (Å²) in [5.74, 6) is -0.317. The molecule has 0 saturated heterocycles. The van der Waals surface area contributed by atoms with Crippen molar-refractivity contribution in [2.45, 2.75) is 6.18 Å². The Morgan fingerprint density at radius 2 is 1.69 bits per heavy atom. The van der Waals surface area contributed by atoms with Crippen molar-refractivity contribution >= 4 is 28.2 Å². The van der Waals surface area contributed by atoms with Crippen molar-refractivity contribution in [1.29, 1.82) is 0 Å². The van der Waals surface area contributed by atoms with Crippen LogP contribution in [0, 0.1) is 0 Å². The molecule has 0 unspecified atom stereocenters. The van der Waals surface area contributed by atoms with Crippen molar-refractivity contribution in [3.63, 3.8) is 0 Å². The van der Waals surface area contributed by atoms with Gasteiger partial charge in [-0.05, 0) is 36.4 Å². The van der Waals surface area contributed by atoms with Crippen LogP contribution in [0.2, 0.25) is 5.15 Å². The van der Waals surface area contributed by atoms with Gasteiger partial charge in [0.2, 0.25) is 0 Å². The summed E-state index contributed by atoms with van der Waals surface area (Å²) >= 11 is 6.13. The predicted molar refractivity (Wildman–Crippen MR) is 85.6 cm³/mol. The van der Waals surface area contributed by atoms with Crippen molar-refractivity contribution in [2.75, 3.05) is 0 Å². The maximum absolute atomic E-state index is 12.7. The largest absolute Gasteiger partial charge is 0.870 e. The quantitative estimate of drug-likeness (QED) is 0.511. The molecule has 4 rings (SSSR count). The van der Waals surface area contributed by atoms with Crippen LogP contribution in [-0.2, 0) is 6.18 Å². The van der Waals surface area contributed by atoms with Crippen LogP contribution < -0.4 is 4.52 Å². The number of hydrogen-bond acceptors (Lipinski definition) is 4. The molecule has 134 valence electrons. The van der Waals surface area contributed by atoms with Gasteiger partial charge in [-0.25, -0.2) is 4.98 Å². The lowest BCUT2D eigenvalue weighted by Crippen LogP contribution is -2.26. The lowest BCUT2D eigenvalue weighted by atomic mass is 10.2. The normalized spacial score (nSPS) is 11.7. The first kappa shape index (κ1) is 17.9. The standard InChI is InChI=1S/C16H8ClF3N4O.H2O/c17-14-13-15(25)23(10-7-5-9(6-8-10)16(18,19)20)22-24(13)12-4-2-1-3-11(12)21-14;/h1-8H;1H2. The molecule has 2 N–H and O–H groups in total. The van der Waals surface area contributed by atoms with Crippen LogP contribution >= 0.6 is 11.6 Å². The summed E-state index contributed by atoms with van der Waals surface area (Å²) in [6.45, 7) is 0. The van der Waals surface area contributed by atoms with E-state index in [-0.39, 0.29) is 27.7 Å². The number of alkyl halides is 3. The van der Waals surface area contributed by atoms with E-state index in [9.17, 15) is 18.3 Å². The highest BCUT2D eigenvalue weighted by atomic mass is 35.5. The van der Waals surface area contributed by atoms with Gasteiger partial charge in [-0.2, -0.15) is 13.2 Å². The number of fused-ring (bicyclic) bond motifs is 3. The van der Waals surface area contributed by atoms with Crippen LogP contribution in [0.15, 0.2) is 48.5 Å². The van der Waals surface area contributed by atoms with Gasteiger partial charge >= 0.3 is 12.1 Å². The van der Waals surface area contributed by atoms with Gasteiger partial charge in [0.05, 0.1) is 5.56 Å². The Labute approximate surface area is 149 Å². The highest BCUT2D eigenvalue weighted by molar-refractivity contribution is 6.32. The molecule has 2 aromatic carbocycles. The molecule has 2 heterocycles. The summed E-state index contributed by atoms with van der Waals surface area (Å²) in [6.07, 6.45) is -4.44. The number of rotatable bonds is 1. The molecular formula is C16H10ClF3N4O2. The van der Waals surface area contributed by atoms with E-state index in [1.807, 2.05) is 0 Å². The Hall–Kier alpha value is -2.91. The first-order valence-corrected chi connectivity index (χ1v) is 7.50. The molecule has 0 saturated carbocycles. The molecule has 26 heavy (non-hydrogen) atoms. The van der Waals surface area contributed by atoms with E-state index in [2.05, 4.69) is 10.2 Å². The molecule has 0 aliphatic rings. The average Bonchev–Trinajstić information content (AvgIpc) is 2.93. The molecule has 0 spiro atoms. The molecule has 0 aliphatic heterocycles. The Bertz CT molecular complexity index is 1110. The smallest absolute Gasteiger partial charge is 0.416 e. The van der Waals surface area contributed by atoms with Crippen molar-refractivity contribution in [3.05, 3.63) is 59.2 Å². The summed E-state index contributed by atoms with van der Waals surface area (Å²) in [5, 5.41) is 14.7. The third kappa shape index (κ3) is 2.71. The number of nitrogens with zero attached hydrogens (tertiary/aromatic N) is 4. The summed E-state index contributed by atoms with van der Waals surface area (Å²) in [4.78, 5) is 4.20. The van der Waals surface area contributed by atoms with E-state index in [1.54, 1.807) is 24.3 Å². The number of para-hydroxylation sites is 2. The molecule has 4 aromatic rings. The van der Waals surface area contributed by atoms with Crippen molar-refractivity contribution in [2.24, 2.45) is 0 Å². The Morgan fingerprint density at radius 3 is 2.35 bits per heavy atom. The van der Waals surface area contributed by atoms with Crippen LogP contribution in [0.5, 0.6) is 5.88 Å². The predicted octanol–water partition coefficient (Wildman–Crippen LogP) is 3.36. The molecule has 2 aromatic heterocycles. The average molecular weight is 383 g/mol. The van der Waals surface area contributed by atoms with Crippen molar-refractivity contribution in [3.8, 4) is 11.6 Å². The monoisotopic (exact) mass is 382 g/mol. The maximum atomic E-state index is 12.7. The summed E-state index contributed by atoms with van der Waals surface area (Å²) in [6, 6.07) is 11.3. The topological polar surface area (TPSA) is 85.0 Å². The minimum absolute atomic E-state index is 0. The highest BCUT2D eigenvalue weighted by Gasteiger charge is 2.31. The van der Waals surface area contributed by atoms with Gasteiger partial charge < -0.3 is 10.6 Å². The SMILES string of the molecule is Oc1c2c(Cl)nc3ccccc3[n+]2nn1-c1ccc(C(F)(F)F)cc1.[OH-]. The molecule has 0 atom stereocenters. The van der Waals surface area contributed by atoms with Gasteiger partial charge in [-0.15, -0.1) is 0 Å². The number of halogens is 4. The second-order valence-electron chi connectivity index (χ2n) is 5.32. The number of aromatic nitrogens is 4. The second kappa shape index (κ2) is 6.11. The minimum atomic E-state index is -4.44. The highest BCUT2D eigenvalue weighted by Crippen LogP contribution is 2.31. The first-order valence-electron chi connectivity index (χ1n) is 7.12. The molecule has 0 fully saturated rings. The molecule has 0 amide bonds. The summed E-state index contributed by atoms with van der Waals surface area (Å²) in [5.41, 5.74) is 0.810. The first-order chi connectivity index (χ1) is 11.9. The molecule has 0 aliphatic carbocycles. The van der Waals surface area contributed by atoms with E-state index < -0.39 is 11.7 Å². The van der Waals surface area contributed by atoms with E-state index in [1.165, 1.54) is 16.6 Å². The van der Waals surface area contributed by atoms with Crippen molar-refractivity contribution in [1.82, 2.24) is 14.9 Å². The number of hydrogen-bond donors (Lipinski definition) is 1. The Morgan fingerprint density at radius 1 is 1.04 bits per heavy atom. The van der Waals surface area contributed by atoms with E-state index >= 15 is 0 Å². The van der Waals surface area contributed by atoms with Crippen LogP contribution in [0.25, 0.3) is 22.2 Å². The van der Waals surface area contributed by atoms with Gasteiger partial charge in [-0.1, -0.05) is 32.9 Å². The Kier molecular flexibility index (Phi) is 4.21. The Balaban J connectivity index is 0.00000196. The fourth-order valence-electron chi connectivity index (χ4n) is 2.58. The fraction of sp³-hybridized carbons (Fsp3) is 0.0625. The van der Waals surface area contributed by atoms with E-state index in [4.69, 9.17) is 11.6 Å². The molecule has 0 bridgehead atoms. The maximum Gasteiger partial charge on any atom is 0.416 e. The van der Waals surface area contributed by atoms with Gasteiger partial charge in [0.1, 0.15) is 10.7 Å². The van der Waals surface area contributed by atoms with Gasteiger partial charge in [0.15, 0.2) is 16.4 Å². The van der Waals surface area contributed by atoms with Crippen LogP contribution in [0.3, 0.4) is 0 Å².